The van der Waals surface area contributed by atoms with E-state index in [4.69, 9.17) is 11.5 Å². The number of carboxylic acid groups (broad SMARTS) is 1. The molecule has 1 aliphatic carbocycles. The molecule has 10 N–H and O–H groups in total. The first-order valence-electron chi connectivity index (χ1n) is 9.61. The van der Waals surface area contributed by atoms with Crippen LogP contribution in [0.2, 0.25) is 0 Å². The summed E-state index contributed by atoms with van der Waals surface area (Å²) in [6, 6.07) is -0.909. The van der Waals surface area contributed by atoms with E-state index in [1.165, 1.54) is 11.8 Å². The summed E-state index contributed by atoms with van der Waals surface area (Å²) in [7, 11) is 0. The number of nitrogens with two attached hydrogens (primary N) is 2. The van der Waals surface area contributed by atoms with Gasteiger partial charge in [-0.15, -0.1) is 11.8 Å². The van der Waals surface area contributed by atoms with E-state index in [-0.39, 0.29) is 24.5 Å². The molecule has 0 aromatic carbocycles. The number of nitrogens with one attached hydrogen (secondary N) is 1. The molecule has 8 atom stereocenters. The highest BCUT2D eigenvalue weighted by Gasteiger charge is 2.48. The fraction of sp³-hybridized carbons (Fsp3) is 0.882. The van der Waals surface area contributed by atoms with Crippen LogP contribution in [-0.2, 0) is 4.79 Å². The molecule has 0 aromatic heterocycles. The number of rotatable bonds is 9. The third-order valence-electron chi connectivity index (χ3n) is 5.58. The van der Waals surface area contributed by atoms with E-state index in [9.17, 15) is 30.3 Å². The number of hydrogen-bond donors (Lipinski definition) is 8. The Bertz CT molecular complexity index is 548. The number of hydrogen-bond acceptors (Lipinski definition) is 8. The van der Waals surface area contributed by atoms with E-state index in [0.717, 1.165) is 19.3 Å². The van der Waals surface area contributed by atoms with E-state index in [2.05, 4.69) is 10.3 Å². The molecule has 0 amide bonds. The Morgan fingerprint density at radius 1 is 1.18 bits per heavy atom. The molecule has 2 rings (SSSR count). The number of aliphatic carboxylic acids is 1. The van der Waals surface area contributed by atoms with Crippen molar-refractivity contribution in [2.24, 2.45) is 22.4 Å². The maximum absolute atomic E-state index is 11.6. The van der Waals surface area contributed by atoms with Gasteiger partial charge >= 0.3 is 5.97 Å². The van der Waals surface area contributed by atoms with Crippen LogP contribution in [0.5, 0.6) is 0 Å². The van der Waals surface area contributed by atoms with Gasteiger partial charge in [-0.2, -0.15) is 0 Å². The molecule has 0 bridgehead atoms. The quantitative estimate of drug-likeness (QED) is 0.115. The molecule has 0 aromatic rings. The standard InChI is InChI=1S/C17H32N4O6S/c18-17(19)20-6-2-5-10(16(26)27)21-9-4-1-3-8(9)15-14(25)13(24)12(23)11(7-22)28-15/h8-15,21-25H,1-7H2,(H,26,27)(H4,18,19,20)/t8?,9?,10-,11+,12-,13-,14+,15-/m0/s1. The molecule has 28 heavy (non-hydrogen) atoms. The first-order chi connectivity index (χ1) is 13.3. The Balaban J connectivity index is 2.01. The molecular weight excluding hydrogens is 388 g/mol. The largest absolute Gasteiger partial charge is 0.480 e. The van der Waals surface area contributed by atoms with Crippen LogP contribution in [0.25, 0.3) is 0 Å². The van der Waals surface area contributed by atoms with Gasteiger partial charge in [-0.05, 0) is 31.6 Å². The Morgan fingerprint density at radius 2 is 1.89 bits per heavy atom. The van der Waals surface area contributed by atoms with Crippen molar-refractivity contribution in [2.75, 3.05) is 13.2 Å². The van der Waals surface area contributed by atoms with Crippen molar-refractivity contribution in [3.63, 3.8) is 0 Å². The van der Waals surface area contributed by atoms with Gasteiger partial charge in [-0.25, -0.2) is 0 Å². The van der Waals surface area contributed by atoms with Crippen LogP contribution in [0.1, 0.15) is 32.1 Å². The van der Waals surface area contributed by atoms with Gasteiger partial charge in [0, 0.05) is 17.8 Å². The molecule has 11 heteroatoms. The van der Waals surface area contributed by atoms with Crippen LogP contribution in [-0.4, -0.2) is 91.5 Å². The molecule has 10 nitrogen and oxygen atoms in total. The molecule has 1 saturated carbocycles. The van der Waals surface area contributed by atoms with Crippen molar-refractivity contribution in [3.8, 4) is 0 Å². The average molecular weight is 421 g/mol. The smallest absolute Gasteiger partial charge is 0.320 e. The average Bonchev–Trinajstić information content (AvgIpc) is 3.10. The lowest BCUT2D eigenvalue weighted by atomic mass is 9.89. The van der Waals surface area contributed by atoms with E-state index in [0.29, 0.717) is 19.4 Å². The zero-order valence-electron chi connectivity index (χ0n) is 15.7. The number of nitrogens with zero attached hydrogens (tertiary/aromatic N) is 1. The minimum Gasteiger partial charge on any atom is -0.480 e. The van der Waals surface area contributed by atoms with Crippen LogP contribution in [0.3, 0.4) is 0 Å². The summed E-state index contributed by atoms with van der Waals surface area (Å²) in [5, 5.41) is 51.8. The second-order valence-electron chi connectivity index (χ2n) is 7.50. The number of guanidine groups is 1. The highest BCUT2D eigenvalue weighted by atomic mass is 32.2. The third kappa shape index (κ3) is 5.71. The highest BCUT2D eigenvalue weighted by Crippen LogP contribution is 2.43. The molecule has 0 radical (unpaired) electrons. The lowest BCUT2D eigenvalue weighted by Crippen LogP contribution is -2.58. The van der Waals surface area contributed by atoms with Crippen LogP contribution in [0.4, 0.5) is 0 Å². The van der Waals surface area contributed by atoms with Crippen molar-refractivity contribution in [2.45, 2.75) is 73.0 Å². The fourth-order valence-electron chi connectivity index (χ4n) is 4.11. The zero-order chi connectivity index (χ0) is 20.8. The van der Waals surface area contributed by atoms with Crippen molar-refractivity contribution >= 4 is 23.7 Å². The normalized spacial score (nSPS) is 36.8. The maximum Gasteiger partial charge on any atom is 0.320 e. The molecule has 1 heterocycles. The number of carboxylic acids is 1. The number of aliphatic hydroxyl groups is 4. The summed E-state index contributed by atoms with van der Waals surface area (Å²) in [5.41, 5.74) is 10.5. The molecule has 0 spiro atoms. The highest BCUT2D eigenvalue weighted by molar-refractivity contribution is 8.00. The Kier molecular flexibility index (Phi) is 8.78. The third-order valence-corrected chi connectivity index (χ3v) is 7.30. The molecule has 2 fully saturated rings. The summed E-state index contributed by atoms with van der Waals surface area (Å²) < 4.78 is 0. The van der Waals surface area contributed by atoms with Crippen LogP contribution >= 0.6 is 11.8 Å². The Morgan fingerprint density at radius 3 is 2.50 bits per heavy atom. The topological polar surface area (TPSA) is 195 Å². The summed E-state index contributed by atoms with van der Waals surface area (Å²) in [4.78, 5) is 15.5. The maximum atomic E-state index is 11.6. The van der Waals surface area contributed by atoms with Gasteiger partial charge in [0.1, 0.15) is 12.1 Å². The number of carbonyl (C=O) groups is 1. The van der Waals surface area contributed by atoms with Gasteiger partial charge in [-0.1, -0.05) is 6.42 Å². The van der Waals surface area contributed by atoms with Gasteiger partial charge in [0.15, 0.2) is 5.96 Å². The van der Waals surface area contributed by atoms with E-state index < -0.39 is 40.8 Å². The zero-order valence-corrected chi connectivity index (χ0v) is 16.5. The summed E-state index contributed by atoms with van der Waals surface area (Å²) in [5.74, 6) is -1.06. The van der Waals surface area contributed by atoms with Crippen molar-refractivity contribution in [1.29, 1.82) is 0 Å². The summed E-state index contributed by atoms with van der Waals surface area (Å²) in [6.45, 7) is 0.0425. The number of thioether (sulfide) groups is 1. The lowest BCUT2D eigenvalue weighted by Gasteiger charge is -2.43. The summed E-state index contributed by atoms with van der Waals surface area (Å²) >= 11 is 1.27. The lowest BCUT2D eigenvalue weighted by molar-refractivity contribution is -0.140. The molecule has 1 aliphatic heterocycles. The Hall–Kier alpha value is -1.11. The molecule has 2 aliphatic rings. The van der Waals surface area contributed by atoms with E-state index in [1.807, 2.05) is 0 Å². The first kappa shape index (κ1) is 23.2. The molecule has 1 saturated heterocycles. The van der Waals surface area contributed by atoms with Crippen LogP contribution in [0.15, 0.2) is 4.99 Å². The predicted molar refractivity (Wildman–Crippen MR) is 106 cm³/mol. The SMILES string of the molecule is NC(N)=NCCC[C@H](NC1CCCC1[C@@H]1S[C@H](CO)[C@H](O)[C@H](O)[C@H]1O)C(=O)O. The summed E-state index contributed by atoms with van der Waals surface area (Å²) in [6.07, 6.45) is -0.401. The molecule has 162 valence electrons. The predicted octanol–water partition coefficient (Wildman–Crippen LogP) is -2.19. The van der Waals surface area contributed by atoms with Crippen LogP contribution in [0, 0.1) is 5.92 Å². The first-order valence-corrected chi connectivity index (χ1v) is 10.5. The van der Waals surface area contributed by atoms with Gasteiger partial charge < -0.3 is 42.3 Å². The molecular formula is C17H32N4O6S. The van der Waals surface area contributed by atoms with Gasteiger partial charge in [-0.3, -0.25) is 9.79 Å². The monoisotopic (exact) mass is 420 g/mol. The van der Waals surface area contributed by atoms with Crippen molar-refractivity contribution in [3.05, 3.63) is 0 Å². The van der Waals surface area contributed by atoms with E-state index >= 15 is 0 Å². The van der Waals surface area contributed by atoms with Gasteiger partial charge in [0.2, 0.25) is 0 Å². The fourth-order valence-corrected chi connectivity index (χ4v) is 5.77. The van der Waals surface area contributed by atoms with Gasteiger partial charge in [0.25, 0.3) is 0 Å². The van der Waals surface area contributed by atoms with Crippen molar-refractivity contribution < 1.29 is 30.3 Å². The Labute approximate surface area is 168 Å². The second kappa shape index (κ2) is 10.6. The number of aliphatic hydroxyl groups excluding tert-OH is 4. The van der Waals surface area contributed by atoms with Crippen LogP contribution < -0.4 is 16.8 Å². The van der Waals surface area contributed by atoms with Crippen molar-refractivity contribution in [1.82, 2.24) is 5.32 Å². The minimum atomic E-state index is -1.33. The van der Waals surface area contributed by atoms with E-state index in [1.54, 1.807) is 0 Å². The minimum absolute atomic E-state index is 0.0295. The second-order valence-corrected chi connectivity index (χ2v) is 8.92. The van der Waals surface area contributed by atoms with Gasteiger partial charge in [0.05, 0.1) is 24.1 Å². The molecule has 2 unspecified atom stereocenters. The number of aliphatic imine (C=N–C) groups is 1.